The van der Waals surface area contributed by atoms with Crippen molar-refractivity contribution in [3.05, 3.63) is 37.9 Å². The molecule has 0 aliphatic carbocycles. The first-order valence-corrected chi connectivity index (χ1v) is 5.19. The highest BCUT2D eigenvalue weighted by Crippen LogP contribution is 2.45. The number of nitro groups is 2. The topological polar surface area (TPSA) is 159 Å². The van der Waals surface area contributed by atoms with Gasteiger partial charge < -0.3 is 10.4 Å². The van der Waals surface area contributed by atoms with E-state index in [4.69, 9.17) is 5.26 Å². The number of fused-ring (bicyclic) bond motifs is 1. The molecule has 2 N–H and O–H groups in total. The second kappa shape index (κ2) is 4.25. The Morgan fingerprint density at radius 1 is 1.35 bits per heavy atom. The summed E-state index contributed by atoms with van der Waals surface area (Å²) in [7, 11) is 0. The van der Waals surface area contributed by atoms with Crippen LogP contribution in [-0.4, -0.2) is 20.9 Å². The first-order valence-electron chi connectivity index (χ1n) is 5.19. The number of nitro benzene ring substituents is 2. The maximum Gasteiger partial charge on any atom is 0.300 e. The zero-order valence-electron chi connectivity index (χ0n) is 9.69. The van der Waals surface area contributed by atoms with E-state index in [1.54, 1.807) is 6.07 Å². The molecule has 0 radical (unpaired) electrons. The van der Waals surface area contributed by atoms with E-state index in [1.807, 2.05) is 0 Å². The van der Waals surface area contributed by atoms with E-state index in [0.29, 0.717) is 6.07 Å². The molecule has 1 atom stereocenters. The Labute approximate surface area is 110 Å². The van der Waals surface area contributed by atoms with Crippen molar-refractivity contribution < 1.29 is 19.7 Å². The van der Waals surface area contributed by atoms with Crippen LogP contribution < -0.4 is 5.32 Å². The fourth-order valence-electron chi connectivity index (χ4n) is 1.95. The van der Waals surface area contributed by atoms with Gasteiger partial charge in [0.2, 0.25) is 0 Å². The molecule has 0 saturated heterocycles. The Morgan fingerprint density at radius 3 is 2.50 bits per heavy atom. The van der Waals surface area contributed by atoms with E-state index in [1.165, 1.54) is 0 Å². The van der Waals surface area contributed by atoms with Crippen LogP contribution in [0.15, 0.2) is 12.1 Å². The molecule has 10 nitrogen and oxygen atoms in total. The number of hydrogen-bond acceptors (Lipinski definition) is 7. The molecule has 0 fully saturated rings. The number of carbonyl (C=O) groups excluding carboxylic acids is 1. The predicted molar refractivity (Wildman–Crippen MR) is 62.5 cm³/mol. The van der Waals surface area contributed by atoms with Crippen LogP contribution in [0.25, 0.3) is 0 Å². The minimum Gasteiger partial charge on any atom is -0.374 e. The molecule has 1 amide bonds. The molecule has 10 heteroatoms. The Hall–Kier alpha value is -3.06. The van der Waals surface area contributed by atoms with Gasteiger partial charge in [-0.2, -0.15) is 5.26 Å². The molecule has 1 aromatic rings. The molecule has 1 aliphatic heterocycles. The lowest BCUT2D eigenvalue weighted by Crippen LogP contribution is -2.33. The van der Waals surface area contributed by atoms with Crippen LogP contribution in [0, 0.1) is 31.6 Å². The average Bonchev–Trinajstić information content (AvgIpc) is 2.61. The van der Waals surface area contributed by atoms with Gasteiger partial charge in [0, 0.05) is 11.6 Å². The Balaban J connectivity index is 2.77. The third-order valence-corrected chi connectivity index (χ3v) is 2.90. The van der Waals surface area contributed by atoms with Gasteiger partial charge in [-0.1, -0.05) is 0 Å². The summed E-state index contributed by atoms with van der Waals surface area (Å²) < 4.78 is 0. The van der Waals surface area contributed by atoms with E-state index in [2.05, 4.69) is 5.32 Å². The molecule has 1 heterocycles. The molecule has 0 spiro atoms. The van der Waals surface area contributed by atoms with Crippen molar-refractivity contribution in [2.24, 2.45) is 0 Å². The summed E-state index contributed by atoms with van der Waals surface area (Å²) in [5, 5.41) is 42.5. The predicted octanol–water partition coefficient (Wildman–Crippen LogP) is 0.556. The summed E-state index contributed by atoms with van der Waals surface area (Å²) >= 11 is 0. The Morgan fingerprint density at radius 2 is 2.00 bits per heavy atom. The molecular weight excluding hydrogens is 272 g/mol. The number of nitrogens with one attached hydrogen (secondary N) is 1. The third kappa shape index (κ3) is 1.73. The second-order valence-electron chi connectivity index (χ2n) is 4.05. The zero-order chi connectivity index (χ0) is 15.1. The lowest BCUT2D eigenvalue weighted by atomic mass is 9.91. The molecule has 1 unspecified atom stereocenters. The number of nitriles is 1. The molecular formula is C10H6N4O6. The smallest absolute Gasteiger partial charge is 0.300 e. The SMILES string of the molecule is N#CCC1(O)C(=O)Nc2c([N+](=O)[O-])cc([N+](=O)[O-])cc21. The standard InChI is InChI=1S/C10H6N4O6/c11-2-1-10(16)6-3-5(13(17)18)4-7(14(19)20)8(6)12-9(10)15/h3-4,16H,1H2,(H,12,15). The molecule has 1 aromatic carbocycles. The summed E-state index contributed by atoms with van der Waals surface area (Å²) in [6.07, 6.45) is -0.676. The van der Waals surface area contributed by atoms with Gasteiger partial charge in [-0.3, -0.25) is 25.0 Å². The van der Waals surface area contributed by atoms with E-state index in [-0.39, 0.29) is 11.3 Å². The van der Waals surface area contributed by atoms with Crippen LogP contribution in [0.5, 0.6) is 0 Å². The van der Waals surface area contributed by atoms with Crippen LogP contribution in [0.3, 0.4) is 0 Å². The number of rotatable bonds is 3. The van der Waals surface area contributed by atoms with Crippen molar-refractivity contribution in [2.45, 2.75) is 12.0 Å². The van der Waals surface area contributed by atoms with E-state index in [0.717, 1.165) is 6.07 Å². The number of hydrogen-bond donors (Lipinski definition) is 2. The van der Waals surface area contributed by atoms with Crippen LogP contribution in [0.1, 0.15) is 12.0 Å². The van der Waals surface area contributed by atoms with Crippen LogP contribution in [0.2, 0.25) is 0 Å². The number of benzene rings is 1. The fraction of sp³-hybridized carbons (Fsp3) is 0.200. The van der Waals surface area contributed by atoms with Gasteiger partial charge in [0.25, 0.3) is 17.3 Å². The highest BCUT2D eigenvalue weighted by Gasteiger charge is 2.49. The first-order chi connectivity index (χ1) is 9.31. The molecule has 2 rings (SSSR count). The molecule has 0 bridgehead atoms. The van der Waals surface area contributed by atoms with Crippen molar-refractivity contribution in [2.75, 3.05) is 5.32 Å². The number of non-ortho nitro benzene ring substituents is 1. The highest BCUT2D eigenvalue weighted by atomic mass is 16.6. The van der Waals surface area contributed by atoms with Gasteiger partial charge in [-0.15, -0.1) is 0 Å². The monoisotopic (exact) mass is 278 g/mol. The Kier molecular flexibility index (Phi) is 2.84. The second-order valence-corrected chi connectivity index (χ2v) is 4.05. The van der Waals surface area contributed by atoms with Crippen molar-refractivity contribution in [3.63, 3.8) is 0 Å². The van der Waals surface area contributed by atoms with Crippen molar-refractivity contribution >= 4 is 23.0 Å². The number of aliphatic hydroxyl groups is 1. The van der Waals surface area contributed by atoms with Crippen molar-refractivity contribution in [1.82, 2.24) is 0 Å². The molecule has 1 aliphatic rings. The molecule has 20 heavy (non-hydrogen) atoms. The van der Waals surface area contributed by atoms with Gasteiger partial charge in [0.1, 0.15) is 5.69 Å². The normalized spacial score (nSPS) is 19.9. The minimum atomic E-state index is -2.33. The van der Waals surface area contributed by atoms with Crippen LogP contribution in [-0.2, 0) is 10.4 Å². The summed E-state index contributed by atoms with van der Waals surface area (Å²) in [4.78, 5) is 31.5. The minimum absolute atomic E-state index is 0.330. The van der Waals surface area contributed by atoms with Crippen LogP contribution >= 0.6 is 0 Å². The largest absolute Gasteiger partial charge is 0.374 e. The van der Waals surface area contributed by atoms with E-state index >= 15 is 0 Å². The first kappa shape index (κ1) is 13.4. The zero-order valence-corrected chi connectivity index (χ0v) is 9.69. The van der Waals surface area contributed by atoms with Gasteiger partial charge in [0.15, 0.2) is 5.60 Å². The summed E-state index contributed by atoms with van der Waals surface area (Å²) in [6.45, 7) is 0. The third-order valence-electron chi connectivity index (χ3n) is 2.90. The quantitative estimate of drug-likeness (QED) is 0.603. The lowest BCUT2D eigenvalue weighted by Gasteiger charge is -2.16. The molecule has 0 aromatic heterocycles. The van der Waals surface area contributed by atoms with E-state index < -0.39 is 39.2 Å². The summed E-state index contributed by atoms with van der Waals surface area (Å²) in [6, 6.07) is 3.09. The van der Waals surface area contributed by atoms with Crippen molar-refractivity contribution in [3.8, 4) is 6.07 Å². The highest BCUT2D eigenvalue weighted by molar-refractivity contribution is 6.07. The summed E-state index contributed by atoms with van der Waals surface area (Å²) in [5.74, 6) is -1.03. The Bertz CT molecular complexity index is 694. The van der Waals surface area contributed by atoms with Gasteiger partial charge in [-0.25, -0.2) is 0 Å². The van der Waals surface area contributed by atoms with E-state index in [9.17, 15) is 30.1 Å². The molecule has 0 saturated carbocycles. The lowest BCUT2D eigenvalue weighted by molar-refractivity contribution is -0.393. The number of nitrogens with zero attached hydrogens (tertiary/aromatic N) is 3. The number of amides is 1. The number of carbonyl (C=O) groups is 1. The van der Waals surface area contributed by atoms with Gasteiger partial charge in [0.05, 0.1) is 28.4 Å². The fourth-order valence-corrected chi connectivity index (χ4v) is 1.95. The van der Waals surface area contributed by atoms with Crippen molar-refractivity contribution in [1.29, 1.82) is 5.26 Å². The van der Waals surface area contributed by atoms with Gasteiger partial charge in [-0.05, 0) is 0 Å². The number of anilines is 1. The molecule has 102 valence electrons. The maximum atomic E-state index is 11.7. The van der Waals surface area contributed by atoms with Gasteiger partial charge >= 0.3 is 0 Å². The maximum absolute atomic E-state index is 11.7. The van der Waals surface area contributed by atoms with Crippen LogP contribution in [0.4, 0.5) is 17.1 Å². The average molecular weight is 278 g/mol. The summed E-state index contributed by atoms with van der Waals surface area (Å²) in [5.41, 5.74) is -4.37.